The van der Waals surface area contributed by atoms with E-state index in [1.165, 1.54) is 0 Å². The van der Waals surface area contributed by atoms with Gasteiger partial charge in [-0.1, -0.05) is 52.3 Å². The molecule has 0 aliphatic rings. The number of methoxy groups -OCH3 is 2. The number of hydrogen-bond acceptors (Lipinski definition) is 2. The van der Waals surface area contributed by atoms with Gasteiger partial charge in [-0.3, -0.25) is 0 Å². The Bertz CT molecular complexity index is 579. The first-order valence-corrected chi connectivity index (χ1v) is 7.21. The lowest BCUT2D eigenvalue weighted by Crippen LogP contribution is -1.96. The molecule has 2 nitrogen and oxygen atoms in total. The monoisotopic (exact) mass is 320 g/mol. The van der Waals surface area contributed by atoms with E-state index in [9.17, 15) is 0 Å². The molecule has 2 aromatic rings. The molecule has 0 heterocycles. The molecule has 0 N–H and O–H groups in total. The Hall–Kier alpha value is -1.48. The molecule has 0 radical (unpaired) electrons. The lowest BCUT2D eigenvalue weighted by atomic mass is 9.99. The van der Waals surface area contributed by atoms with Gasteiger partial charge in [-0.2, -0.15) is 0 Å². The molecule has 100 valence electrons. The lowest BCUT2D eigenvalue weighted by molar-refractivity contribution is 0.407. The molecule has 0 atom stereocenters. The van der Waals surface area contributed by atoms with Gasteiger partial charge in [-0.15, -0.1) is 0 Å². The standard InChI is InChI=1S/C16H17BrO2/c1-11-6-4-8-13(15(11)18-2)14-9-5-7-12(10-17)16(14)19-3/h4-9H,10H2,1-3H3. The zero-order chi connectivity index (χ0) is 13.8. The zero-order valence-electron chi connectivity index (χ0n) is 11.4. The minimum Gasteiger partial charge on any atom is -0.496 e. The molecule has 0 unspecified atom stereocenters. The van der Waals surface area contributed by atoms with Crippen LogP contribution in [-0.2, 0) is 5.33 Å². The molecule has 2 rings (SSSR count). The molecular formula is C16H17BrO2. The van der Waals surface area contributed by atoms with E-state index in [4.69, 9.17) is 9.47 Å². The predicted octanol–water partition coefficient (Wildman–Crippen LogP) is 4.57. The molecule has 0 saturated heterocycles. The molecule has 19 heavy (non-hydrogen) atoms. The third kappa shape index (κ3) is 2.61. The molecule has 2 aromatic carbocycles. The second kappa shape index (κ2) is 6.11. The highest BCUT2D eigenvalue weighted by Gasteiger charge is 2.14. The van der Waals surface area contributed by atoms with Crippen molar-refractivity contribution in [3.63, 3.8) is 0 Å². The van der Waals surface area contributed by atoms with Crippen LogP contribution in [0.2, 0.25) is 0 Å². The van der Waals surface area contributed by atoms with Crippen molar-refractivity contribution in [2.45, 2.75) is 12.3 Å². The number of alkyl halides is 1. The SMILES string of the molecule is COc1c(C)cccc1-c1cccc(CBr)c1OC. The van der Waals surface area contributed by atoms with Crippen LogP contribution in [0, 0.1) is 6.92 Å². The summed E-state index contributed by atoms with van der Waals surface area (Å²) >= 11 is 3.49. The van der Waals surface area contributed by atoms with Crippen LogP contribution in [0.25, 0.3) is 11.1 Å². The Morgan fingerprint density at radius 2 is 1.47 bits per heavy atom. The third-order valence-corrected chi connectivity index (χ3v) is 3.75. The van der Waals surface area contributed by atoms with E-state index in [2.05, 4.69) is 34.1 Å². The van der Waals surface area contributed by atoms with Gasteiger partial charge in [0.2, 0.25) is 0 Å². The number of hydrogen-bond donors (Lipinski definition) is 0. The van der Waals surface area contributed by atoms with Crippen molar-refractivity contribution >= 4 is 15.9 Å². The van der Waals surface area contributed by atoms with E-state index < -0.39 is 0 Å². The second-order valence-electron chi connectivity index (χ2n) is 4.29. The maximum absolute atomic E-state index is 5.58. The van der Waals surface area contributed by atoms with Gasteiger partial charge in [0, 0.05) is 22.0 Å². The minimum absolute atomic E-state index is 0.762. The van der Waals surface area contributed by atoms with Crippen LogP contribution in [0.4, 0.5) is 0 Å². The predicted molar refractivity (Wildman–Crippen MR) is 82.4 cm³/mol. The quantitative estimate of drug-likeness (QED) is 0.768. The van der Waals surface area contributed by atoms with E-state index in [1.54, 1.807) is 14.2 Å². The van der Waals surface area contributed by atoms with Gasteiger partial charge >= 0.3 is 0 Å². The van der Waals surface area contributed by atoms with Crippen LogP contribution < -0.4 is 9.47 Å². The summed E-state index contributed by atoms with van der Waals surface area (Å²) in [4.78, 5) is 0. The molecule has 3 heteroatoms. The van der Waals surface area contributed by atoms with E-state index in [1.807, 2.05) is 25.1 Å². The first-order valence-electron chi connectivity index (χ1n) is 6.08. The number of ether oxygens (including phenoxy) is 2. The Kier molecular flexibility index (Phi) is 4.48. The molecule has 0 saturated carbocycles. The number of benzene rings is 2. The van der Waals surface area contributed by atoms with E-state index in [0.29, 0.717) is 0 Å². The van der Waals surface area contributed by atoms with Gasteiger partial charge < -0.3 is 9.47 Å². The Balaban J connectivity index is 2.68. The van der Waals surface area contributed by atoms with Crippen molar-refractivity contribution in [1.29, 1.82) is 0 Å². The molecule has 0 aliphatic heterocycles. The first kappa shape index (κ1) is 13.9. The topological polar surface area (TPSA) is 18.5 Å². The second-order valence-corrected chi connectivity index (χ2v) is 4.85. The fourth-order valence-corrected chi connectivity index (χ4v) is 2.72. The van der Waals surface area contributed by atoms with Crippen LogP contribution in [0.1, 0.15) is 11.1 Å². The van der Waals surface area contributed by atoms with Crippen molar-refractivity contribution in [3.05, 3.63) is 47.5 Å². The first-order chi connectivity index (χ1) is 9.22. The molecular weight excluding hydrogens is 304 g/mol. The summed E-state index contributed by atoms with van der Waals surface area (Å²) in [5.74, 6) is 1.79. The Morgan fingerprint density at radius 1 is 0.895 bits per heavy atom. The highest BCUT2D eigenvalue weighted by atomic mass is 79.9. The number of para-hydroxylation sites is 2. The number of aryl methyl sites for hydroxylation is 1. The molecule has 0 fully saturated rings. The van der Waals surface area contributed by atoms with Crippen molar-refractivity contribution < 1.29 is 9.47 Å². The van der Waals surface area contributed by atoms with Gasteiger partial charge in [-0.25, -0.2) is 0 Å². The third-order valence-electron chi connectivity index (χ3n) is 3.15. The van der Waals surface area contributed by atoms with Crippen LogP contribution in [0.3, 0.4) is 0 Å². The van der Waals surface area contributed by atoms with E-state index in [-0.39, 0.29) is 0 Å². The van der Waals surface area contributed by atoms with Crippen LogP contribution in [-0.4, -0.2) is 14.2 Å². The van der Waals surface area contributed by atoms with Crippen LogP contribution in [0.5, 0.6) is 11.5 Å². The number of rotatable bonds is 4. The van der Waals surface area contributed by atoms with Gasteiger partial charge in [0.1, 0.15) is 11.5 Å². The van der Waals surface area contributed by atoms with Crippen LogP contribution >= 0.6 is 15.9 Å². The fraction of sp³-hybridized carbons (Fsp3) is 0.250. The van der Waals surface area contributed by atoms with Gasteiger partial charge in [0.05, 0.1) is 14.2 Å². The average Bonchev–Trinajstić information content (AvgIpc) is 2.45. The van der Waals surface area contributed by atoms with Crippen molar-refractivity contribution in [2.24, 2.45) is 0 Å². The summed E-state index contributed by atoms with van der Waals surface area (Å²) in [5, 5.41) is 0.762. The van der Waals surface area contributed by atoms with Crippen molar-refractivity contribution in [3.8, 4) is 22.6 Å². The van der Waals surface area contributed by atoms with E-state index in [0.717, 1.165) is 39.1 Å². The molecule has 0 bridgehead atoms. The normalized spacial score (nSPS) is 10.3. The average molecular weight is 321 g/mol. The highest BCUT2D eigenvalue weighted by molar-refractivity contribution is 9.08. The maximum Gasteiger partial charge on any atom is 0.130 e. The highest BCUT2D eigenvalue weighted by Crippen LogP contribution is 2.40. The van der Waals surface area contributed by atoms with Gasteiger partial charge in [-0.05, 0) is 12.5 Å². The summed E-state index contributed by atoms with van der Waals surface area (Å²) in [6, 6.07) is 12.3. The maximum atomic E-state index is 5.58. The fourth-order valence-electron chi connectivity index (χ4n) is 2.28. The lowest BCUT2D eigenvalue weighted by Gasteiger charge is -2.16. The van der Waals surface area contributed by atoms with Crippen molar-refractivity contribution in [1.82, 2.24) is 0 Å². The molecule has 0 spiro atoms. The van der Waals surface area contributed by atoms with E-state index >= 15 is 0 Å². The van der Waals surface area contributed by atoms with Crippen molar-refractivity contribution in [2.75, 3.05) is 14.2 Å². The molecule has 0 amide bonds. The molecule has 0 aliphatic carbocycles. The molecule has 0 aromatic heterocycles. The van der Waals surface area contributed by atoms with Crippen LogP contribution in [0.15, 0.2) is 36.4 Å². The summed E-state index contributed by atoms with van der Waals surface area (Å²) in [7, 11) is 3.40. The smallest absolute Gasteiger partial charge is 0.130 e. The zero-order valence-corrected chi connectivity index (χ0v) is 13.0. The Labute approximate surface area is 122 Å². The minimum atomic E-state index is 0.762. The summed E-state index contributed by atoms with van der Waals surface area (Å²) in [6.07, 6.45) is 0. The summed E-state index contributed by atoms with van der Waals surface area (Å²) < 4.78 is 11.1. The summed E-state index contributed by atoms with van der Waals surface area (Å²) in [5.41, 5.74) is 4.36. The van der Waals surface area contributed by atoms with Gasteiger partial charge in [0.15, 0.2) is 0 Å². The summed E-state index contributed by atoms with van der Waals surface area (Å²) in [6.45, 7) is 2.04. The van der Waals surface area contributed by atoms with Gasteiger partial charge in [0.25, 0.3) is 0 Å². The largest absolute Gasteiger partial charge is 0.496 e. The Morgan fingerprint density at radius 3 is 2.05 bits per heavy atom. The number of halogens is 1.